The molecular formula is C21H23N3O2S. The van der Waals surface area contributed by atoms with Gasteiger partial charge in [-0.1, -0.05) is 53.7 Å². The standard InChI is InChI=1S/C21H23N3O2S/c1-14(2)26-18-7-5-4-6-17(18)13-22-24-21-23-20(25)19(27-21)12-16-10-8-15(3)9-11-16/h4-11,13-14,19H,12H2,1-3H3,(H,23,24,25)/b22-13-/t19-/m0/s1. The van der Waals surface area contributed by atoms with Crippen LogP contribution in [0.25, 0.3) is 0 Å². The second-order valence-corrected chi connectivity index (χ2v) is 7.83. The Bertz CT molecular complexity index is 860. The highest BCUT2D eigenvalue weighted by Crippen LogP contribution is 2.24. The summed E-state index contributed by atoms with van der Waals surface area (Å²) in [5.41, 5.74) is 3.19. The van der Waals surface area contributed by atoms with Crippen LogP contribution in [-0.4, -0.2) is 28.6 Å². The largest absolute Gasteiger partial charge is 0.490 e. The van der Waals surface area contributed by atoms with Gasteiger partial charge in [-0.15, -0.1) is 5.10 Å². The van der Waals surface area contributed by atoms with Crippen molar-refractivity contribution in [2.45, 2.75) is 38.5 Å². The van der Waals surface area contributed by atoms with Gasteiger partial charge >= 0.3 is 0 Å². The zero-order valence-corrected chi connectivity index (χ0v) is 16.5. The van der Waals surface area contributed by atoms with E-state index in [9.17, 15) is 4.79 Å². The third-order valence-electron chi connectivity index (χ3n) is 3.95. The van der Waals surface area contributed by atoms with Gasteiger partial charge < -0.3 is 10.1 Å². The summed E-state index contributed by atoms with van der Waals surface area (Å²) < 4.78 is 5.76. The number of carbonyl (C=O) groups excluding carboxylic acids is 1. The molecule has 27 heavy (non-hydrogen) atoms. The average molecular weight is 382 g/mol. The smallest absolute Gasteiger partial charge is 0.239 e. The van der Waals surface area contributed by atoms with E-state index >= 15 is 0 Å². The van der Waals surface area contributed by atoms with Gasteiger partial charge in [0.15, 0.2) is 5.17 Å². The third-order valence-corrected chi connectivity index (χ3v) is 5.02. The Kier molecular flexibility index (Phi) is 6.29. The second-order valence-electron chi connectivity index (χ2n) is 6.64. The maximum Gasteiger partial charge on any atom is 0.239 e. The molecule has 140 valence electrons. The number of rotatable bonds is 6. The molecule has 0 aromatic heterocycles. The molecule has 1 fully saturated rings. The first-order chi connectivity index (χ1) is 13.0. The Balaban J connectivity index is 1.64. The summed E-state index contributed by atoms with van der Waals surface area (Å²) in [4.78, 5) is 12.2. The lowest BCUT2D eigenvalue weighted by atomic mass is 10.1. The van der Waals surface area contributed by atoms with Crippen LogP contribution >= 0.6 is 11.8 Å². The van der Waals surface area contributed by atoms with Gasteiger partial charge in [-0.3, -0.25) is 4.79 Å². The number of ether oxygens (including phenoxy) is 1. The number of benzene rings is 2. The van der Waals surface area contributed by atoms with E-state index in [0.717, 1.165) is 16.9 Å². The van der Waals surface area contributed by atoms with E-state index < -0.39 is 0 Å². The molecule has 6 heteroatoms. The van der Waals surface area contributed by atoms with Crippen molar-refractivity contribution in [3.05, 3.63) is 65.2 Å². The first kappa shape index (κ1) is 19.2. The Hall–Kier alpha value is -2.60. The number of carbonyl (C=O) groups is 1. The number of amidine groups is 1. The summed E-state index contributed by atoms with van der Waals surface area (Å²) in [5, 5.41) is 11.4. The lowest BCUT2D eigenvalue weighted by Crippen LogP contribution is -2.25. The number of amides is 1. The Morgan fingerprint density at radius 1 is 1.19 bits per heavy atom. The molecule has 1 aliphatic rings. The van der Waals surface area contributed by atoms with Crippen molar-refractivity contribution in [2.24, 2.45) is 10.2 Å². The molecule has 5 nitrogen and oxygen atoms in total. The molecule has 0 radical (unpaired) electrons. The minimum Gasteiger partial charge on any atom is -0.490 e. The van der Waals surface area contributed by atoms with Crippen molar-refractivity contribution >= 4 is 29.1 Å². The van der Waals surface area contributed by atoms with Crippen LogP contribution in [0.15, 0.2) is 58.7 Å². The predicted octanol–water partition coefficient (Wildman–Crippen LogP) is 3.95. The van der Waals surface area contributed by atoms with E-state index in [-0.39, 0.29) is 17.3 Å². The van der Waals surface area contributed by atoms with Crippen molar-refractivity contribution in [3.63, 3.8) is 0 Å². The molecule has 1 amide bonds. The minimum atomic E-state index is -0.182. The van der Waals surface area contributed by atoms with Gasteiger partial charge in [-0.05, 0) is 44.9 Å². The lowest BCUT2D eigenvalue weighted by molar-refractivity contribution is -0.118. The van der Waals surface area contributed by atoms with Gasteiger partial charge in [-0.25, -0.2) is 0 Å². The molecule has 1 aliphatic heterocycles. The first-order valence-electron chi connectivity index (χ1n) is 8.91. The average Bonchev–Trinajstić information content (AvgIpc) is 2.97. The summed E-state index contributed by atoms with van der Waals surface area (Å²) >= 11 is 1.41. The van der Waals surface area contributed by atoms with E-state index in [1.54, 1.807) is 6.21 Å². The zero-order valence-electron chi connectivity index (χ0n) is 15.7. The van der Waals surface area contributed by atoms with Crippen LogP contribution < -0.4 is 10.1 Å². The summed E-state index contributed by atoms with van der Waals surface area (Å²) in [6.07, 6.45) is 2.40. The fraction of sp³-hybridized carbons (Fsp3) is 0.286. The highest BCUT2D eigenvalue weighted by Gasteiger charge is 2.30. The molecule has 1 atom stereocenters. The molecule has 2 aromatic carbocycles. The van der Waals surface area contributed by atoms with Crippen LogP contribution in [0.1, 0.15) is 30.5 Å². The van der Waals surface area contributed by atoms with Gasteiger partial charge in [0.25, 0.3) is 0 Å². The Morgan fingerprint density at radius 3 is 2.67 bits per heavy atom. The van der Waals surface area contributed by atoms with Crippen LogP contribution in [0.4, 0.5) is 0 Å². The van der Waals surface area contributed by atoms with Crippen molar-refractivity contribution in [1.29, 1.82) is 0 Å². The molecule has 2 aromatic rings. The molecule has 1 heterocycles. The normalized spacial score (nSPS) is 18.4. The van der Waals surface area contributed by atoms with Crippen LogP contribution in [0, 0.1) is 6.92 Å². The van der Waals surface area contributed by atoms with Crippen molar-refractivity contribution in [3.8, 4) is 5.75 Å². The van der Waals surface area contributed by atoms with Crippen molar-refractivity contribution in [1.82, 2.24) is 5.32 Å². The summed E-state index contributed by atoms with van der Waals surface area (Å²) in [6.45, 7) is 6.01. The molecule has 0 unspecified atom stereocenters. The maximum absolute atomic E-state index is 12.2. The van der Waals surface area contributed by atoms with Crippen LogP contribution in [-0.2, 0) is 11.2 Å². The van der Waals surface area contributed by atoms with E-state index in [2.05, 4.69) is 39.8 Å². The Morgan fingerprint density at radius 2 is 1.93 bits per heavy atom. The number of nitrogens with zero attached hydrogens (tertiary/aromatic N) is 2. The van der Waals surface area contributed by atoms with Crippen molar-refractivity contribution < 1.29 is 9.53 Å². The number of thioether (sulfide) groups is 1. The molecule has 1 saturated heterocycles. The molecule has 0 bridgehead atoms. The van der Waals surface area contributed by atoms with E-state index in [4.69, 9.17) is 4.74 Å². The van der Waals surface area contributed by atoms with E-state index in [1.165, 1.54) is 17.3 Å². The van der Waals surface area contributed by atoms with Crippen molar-refractivity contribution in [2.75, 3.05) is 0 Å². The molecule has 0 saturated carbocycles. The number of hydrogen-bond acceptors (Lipinski definition) is 5. The molecular weight excluding hydrogens is 358 g/mol. The number of nitrogens with one attached hydrogen (secondary N) is 1. The summed E-state index contributed by atoms with van der Waals surface area (Å²) in [5.74, 6) is 0.731. The molecule has 0 aliphatic carbocycles. The fourth-order valence-corrected chi connectivity index (χ4v) is 3.58. The highest BCUT2D eigenvalue weighted by atomic mass is 32.2. The van der Waals surface area contributed by atoms with Gasteiger partial charge in [0, 0.05) is 5.56 Å². The van der Waals surface area contributed by atoms with E-state index in [1.807, 2.05) is 45.0 Å². The van der Waals surface area contributed by atoms with E-state index in [0.29, 0.717) is 11.6 Å². The molecule has 1 N–H and O–H groups in total. The fourth-order valence-electron chi connectivity index (χ4n) is 2.62. The van der Waals surface area contributed by atoms with Crippen LogP contribution in [0.2, 0.25) is 0 Å². The number of para-hydroxylation sites is 1. The van der Waals surface area contributed by atoms with Gasteiger partial charge in [0.2, 0.25) is 5.91 Å². The van der Waals surface area contributed by atoms with Gasteiger partial charge in [0.05, 0.1) is 17.6 Å². The third kappa shape index (κ3) is 5.44. The SMILES string of the molecule is Cc1ccc(C[C@@H]2S/C(=N\N=C/c3ccccc3OC(C)C)NC2=O)cc1. The lowest BCUT2D eigenvalue weighted by Gasteiger charge is -2.11. The monoisotopic (exact) mass is 381 g/mol. The zero-order chi connectivity index (χ0) is 19.2. The maximum atomic E-state index is 12.2. The first-order valence-corrected chi connectivity index (χ1v) is 9.79. The summed E-state index contributed by atoms with van der Waals surface area (Å²) in [7, 11) is 0. The predicted molar refractivity (Wildman–Crippen MR) is 112 cm³/mol. The number of hydrogen-bond donors (Lipinski definition) is 1. The quantitative estimate of drug-likeness (QED) is 0.609. The Labute approximate surface area is 163 Å². The second kappa shape index (κ2) is 8.86. The van der Waals surface area contributed by atoms with Gasteiger partial charge in [0.1, 0.15) is 5.75 Å². The van der Waals surface area contributed by atoms with Crippen LogP contribution in [0.5, 0.6) is 5.75 Å². The molecule has 3 rings (SSSR count). The number of aryl methyl sites for hydroxylation is 1. The minimum absolute atomic E-state index is 0.0296. The molecule has 0 spiro atoms. The van der Waals surface area contributed by atoms with Crippen LogP contribution in [0.3, 0.4) is 0 Å². The topological polar surface area (TPSA) is 63.1 Å². The summed E-state index contributed by atoms with van der Waals surface area (Å²) in [6, 6.07) is 15.9. The van der Waals surface area contributed by atoms with Gasteiger partial charge in [-0.2, -0.15) is 5.10 Å². The highest BCUT2D eigenvalue weighted by molar-refractivity contribution is 8.15.